The summed E-state index contributed by atoms with van der Waals surface area (Å²) in [4.78, 5) is 24.6. The molecule has 0 saturated carbocycles. The number of hydrogen-bond acceptors (Lipinski definition) is 4. The van der Waals surface area contributed by atoms with Gasteiger partial charge in [0, 0.05) is 23.9 Å². The lowest BCUT2D eigenvalue weighted by Gasteiger charge is -2.22. The molecule has 2 amide bonds. The van der Waals surface area contributed by atoms with Crippen LogP contribution in [0.2, 0.25) is 5.02 Å². The van der Waals surface area contributed by atoms with Crippen molar-refractivity contribution in [1.82, 2.24) is 0 Å². The fourth-order valence-electron chi connectivity index (χ4n) is 3.14. The number of carbonyl (C=O) groups excluding carboxylic acids is 2. The molecule has 1 atom stereocenters. The van der Waals surface area contributed by atoms with Crippen molar-refractivity contribution in [3.05, 3.63) is 47.0 Å². The molecule has 1 heterocycles. The maximum absolute atomic E-state index is 12.5. The fourth-order valence-corrected chi connectivity index (χ4v) is 3.43. The van der Waals surface area contributed by atoms with Crippen molar-refractivity contribution in [2.45, 2.75) is 20.4 Å². The van der Waals surface area contributed by atoms with Crippen LogP contribution < -0.4 is 25.0 Å². The summed E-state index contributed by atoms with van der Waals surface area (Å²) in [5.74, 6) is 1.01. The van der Waals surface area contributed by atoms with Gasteiger partial charge in [0.25, 0.3) is 5.91 Å². The Bertz CT molecular complexity index is 886. The first-order valence-corrected chi connectivity index (χ1v) is 9.91. The molecule has 7 nitrogen and oxygen atoms in total. The van der Waals surface area contributed by atoms with Crippen molar-refractivity contribution in [1.29, 1.82) is 0 Å². The SMILES string of the molecule is CC[NH+](CC(=O)Nc1ccc(NC(C)=O)cc1)Cc1cc(Cl)c2c(c1)OCCO2. The zero-order valence-electron chi connectivity index (χ0n) is 16.5. The zero-order chi connectivity index (χ0) is 20.8. The van der Waals surface area contributed by atoms with Gasteiger partial charge in [-0.05, 0) is 43.3 Å². The van der Waals surface area contributed by atoms with E-state index in [-0.39, 0.29) is 11.8 Å². The summed E-state index contributed by atoms with van der Waals surface area (Å²) >= 11 is 6.31. The molecule has 8 heteroatoms. The second kappa shape index (κ2) is 9.62. The Morgan fingerprint density at radius 1 is 1.07 bits per heavy atom. The van der Waals surface area contributed by atoms with Crippen molar-refractivity contribution in [3.8, 4) is 11.5 Å². The Labute approximate surface area is 174 Å². The van der Waals surface area contributed by atoms with Gasteiger partial charge in [-0.3, -0.25) is 9.59 Å². The summed E-state index contributed by atoms with van der Waals surface area (Å²) in [5.41, 5.74) is 2.36. The van der Waals surface area contributed by atoms with Crippen LogP contribution in [0.1, 0.15) is 19.4 Å². The van der Waals surface area contributed by atoms with Crippen molar-refractivity contribution in [2.24, 2.45) is 0 Å². The molecule has 29 heavy (non-hydrogen) atoms. The highest BCUT2D eigenvalue weighted by atomic mass is 35.5. The molecular weight excluding hydrogens is 394 g/mol. The molecule has 3 N–H and O–H groups in total. The lowest BCUT2D eigenvalue weighted by atomic mass is 10.1. The number of hydrogen-bond donors (Lipinski definition) is 3. The molecule has 0 spiro atoms. The van der Waals surface area contributed by atoms with E-state index in [9.17, 15) is 9.59 Å². The highest BCUT2D eigenvalue weighted by molar-refractivity contribution is 6.32. The van der Waals surface area contributed by atoms with Crippen LogP contribution in [-0.2, 0) is 16.1 Å². The first kappa shape index (κ1) is 21.0. The predicted octanol–water partition coefficient (Wildman–Crippen LogP) is 2.11. The quantitative estimate of drug-likeness (QED) is 0.643. The van der Waals surface area contributed by atoms with Crippen LogP contribution in [0.15, 0.2) is 36.4 Å². The third kappa shape index (κ3) is 5.85. The van der Waals surface area contributed by atoms with Gasteiger partial charge in [-0.1, -0.05) is 11.6 Å². The van der Waals surface area contributed by atoms with E-state index in [1.807, 2.05) is 19.1 Å². The largest absolute Gasteiger partial charge is 0.486 e. The molecule has 2 aromatic rings. The number of nitrogens with one attached hydrogen (secondary N) is 3. The molecular formula is C21H25ClN3O4+. The molecule has 0 aromatic heterocycles. The molecule has 0 bridgehead atoms. The van der Waals surface area contributed by atoms with Gasteiger partial charge in [0.15, 0.2) is 18.0 Å². The zero-order valence-corrected chi connectivity index (χ0v) is 17.3. The minimum absolute atomic E-state index is 0.0854. The van der Waals surface area contributed by atoms with Gasteiger partial charge in [-0.2, -0.15) is 0 Å². The number of benzene rings is 2. The fraction of sp³-hybridized carbons (Fsp3) is 0.333. The van der Waals surface area contributed by atoms with E-state index in [1.165, 1.54) is 6.92 Å². The van der Waals surface area contributed by atoms with Crippen molar-refractivity contribution < 1.29 is 24.0 Å². The van der Waals surface area contributed by atoms with E-state index in [2.05, 4.69) is 10.6 Å². The Balaban J connectivity index is 1.59. The summed E-state index contributed by atoms with van der Waals surface area (Å²) in [6, 6.07) is 10.8. The van der Waals surface area contributed by atoms with Gasteiger partial charge < -0.3 is 25.0 Å². The Kier molecular flexibility index (Phi) is 6.95. The molecule has 0 radical (unpaired) electrons. The molecule has 0 aliphatic carbocycles. The molecule has 0 saturated heterocycles. The lowest BCUT2D eigenvalue weighted by molar-refractivity contribution is -0.903. The average molecular weight is 419 g/mol. The van der Waals surface area contributed by atoms with E-state index in [1.54, 1.807) is 24.3 Å². The number of amides is 2. The first-order valence-electron chi connectivity index (χ1n) is 9.53. The van der Waals surface area contributed by atoms with Crippen LogP contribution in [-0.4, -0.2) is 38.1 Å². The van der Waals surface area contributed by atoms with Gasteiger partial charge in [0.1, 0.15) is 19.8 Å². The summed E-state index contributed by atoms with van der Waals surface area (Å²) < 4.78 is 11.2. The maximum atomic E-state index is 12.5. The molecule has 3 rings (SSSR count). The summed E-state index contributed by atoms with van der Waals surface area (Å²) in [6.45, 7) is 6.21. The van der Waals surface area contributed by atoms with Crippen LogP contribution in [0, 0.1) is 0 Å². The highest BCUT2D eigenvalue weighted by Gasteiger charge is 2.19. The Hall–Kier alpha value is -2.77. The lowest BCUT2D eigenvalue weighted by Crippen LogP contribution is -3.11. The van der Waals surface area contributed by atoms with Crippen molar-refractivity contribution in [3.63, 3.8) is 0 Å². The van der Waals surface area contributed by atoms with E-state index in [0.29, 0.717) is 54.2 Å². The van der Waals surface area contributed by atoms with Crippen LogP contribution in [0.5, 0.6) is 11.5 Å². The molecule has 1 aliphatic rings. The first-order chi connectivity index (χ1) is 13.9. The standard InChI is InChI=1S/C21H24ClN3O4/c1-3-25(12-15-10-18(22)21-19(11-15)28-8-9-29-21)13-20(27)24-17-6-4-16(5-7-17)23-14(2)26/h4-7,10-11H,3,8-9,12-13H2,1-2H3,(H,23,26)(H,24,27)/p+1. The second-order valence-corrected chi connectivity index (χ2v) is 7.27. The third-order valence-corrected chi connectivity index (χ3v) is 4.79. The number of ether oxygens (including phenoxy) is 2. The number of halogens is 1. The molecule has 0 fully saturated rings. The number of likely N-dealkylation sites (N-methyl/N-ethyl adjacent to an activating group) is 1. The van der Waals surface area contributed by atoms with Crippen molar-refractivity contribution in [2.75, 3.05) is 36.9 Å². The van der Waals surface area contributed by atoms with Crippen LogP contribution in [0.25, 0.3) is 0 Å². The number of fused-ring (bicyclic) bond motifs is 1. The van der Waals surface area contributed by atoms with Crippen LogP contribution >= 0.6 is 11.6 Å². The van der Waals surface area contributed by atoms with E-state index < -0.39 is 0 Å². The van der Waals surface area contributed by atoms with Gasteiger partial charge in [-0.15, -0.1) is 0 Å². The topological polar surface area (TPSA) is 81.1 Å². The predicted molar refractivity (Wildman–Crippen MR) is 112 cm³/mol. The molecule has 154 valence electrons. The number of anilines is 2. The normalized spacial score (nSPS) is 13.5. The van der Waals surface area contributed by atoms with Crippen LogP contribution in [0.4, 0.5) is 11.4 Å². The van der Waals surface area contributed by atoms with E-state index >= 15 is 0 Å². The second-order valence-electron chi connectivity index (χ2n) is 6.87. The van der Waals surface area contributed by atoms with Gasteiger partial charge in [0.2, 0.25) is 5.91 Å². The summed E-state index contributed by atoms with van der Waals surface area (Å²) in [7, 11) is 0. The maximum Gasteiger partial charge on any atom is 0.279 e. The minimum atomic E-state index is -0.136. The number of carbonyl (C=O) groups is 2. The smallest absolute Gasteiger partial charge is 0.279 e. The highest BCUT2D eigenvalue weighted by Crippen LogP contribution is 2.38. The van der Waals surface area contributed by atoms with E-state index in [0.717, 1.165) is 17.0 Å². The van der Waals surface area contributed by atoms with Crippen molar-refractivity contribution >= 4 is 34.8 Å². The third-order valence-electron chi connectivity index (χ3n) is 4.51. The van der Waals surface area contributed by atoms with Gasteiger partial charge >= 0.3 is 0 Å². The Morgan fingerprint density at radius 2 is 1.72 bits per heavy atom. The van der Waals surface area contributed by atoms with E-state index in [4.69, 9.17) is 21.1 Å². The Morgan fingerprint density at radius 3 is 2.38 bits per heavy atom. The van der Waals surface area contributed by atoms with Gasteiger partial charge in [-0.25, -0.2) is 0 Å². The molecule has 1 aliphatic heterocycles. The van der Waals surface area contributed by atoms with Crippen LogP contribution in [0.3, 0.4) is 0 Å². The summed E-state index contributed by atoms with van der Waals surface area (Å²) in [5, 5.41) is 6.11. The molecule has 2 aromatic carbocycles. The minimum Gasteiger partial charge on any atom is -0.486 e. The van der Waals surface area contributed by atoms with Gasteiger partial charge in [0.05, 0.1) is 11.6 Å². The number of quaternary nitrogens is 1. The summed E-state index contributed by atoms with van der Waals surface area (Å²) in [6.07, 6.45) is 0. The number of rotatable bonds is 7. The molecule has 1 unspecified atom stereocenters. The monoisotopic (exact) mass is 418 g/mol. The average Bonchev–Trinajstić information content (AvgIpc) is 2.68.